The fourth-order valence-electron chi connectivity index (χ4n) is 2.90. The Morgan fingerprint density at radius 1 is 1.52 bits per heavy atom. The van der Waals surface area contributed by atoms with Crippen molar-refractivity contribution in [2.45, 2.75) is 58.9 Å². The lowest BCUT2D eigenvalue weighted by Gasteiger charge is -2.39. The predicted octanol–water partition coefficient (Wildman–Crippen LogP) is 3.52. The quantitative estimate of drug-likeness (QED) is 0.924. The average Bonchev–Trinajstić information content (AvgIpc) is 2.87. The highest BCUT2D eigenvalue weighted by molar-refractivity contribution is 7.09. The van der Waals surface area contributed by atoms with Gasteiger partial charge in [0.25, 0.3) is 0 Å². The molecule has 0 radical (unpaired) electrons. The summed E-state index contributed by atoms with van der Waals surface area (Å²) in [6, 6.07) is 0. The maximum Gasteiger partial charge on any atom is 0.310 e. The molecule has 118 valence electrons. The Labute approximate surface area is 131 Å². The smallest absolute Gasteiger partial charge is 0.310 e. The molecule has 21 heavy (non-hydrogen) atoms. The van der Waals surface area contributed by atoms with E-state index in [-0.39, 0.29) is 5.41 Å². The molecule has 4 nitrogen and oxygen atoms in total. The molecule has 0 saturated carbocycles. The van der Waals surface area contributed by atoms with Crippen molar-refractivity contribution < 1.29 is 9.90 Å². The van der Waals surface area contributed by atoms with E-state index in [2.05, 4.69) is 31.1 Å². The number of hydrogen-bond acceptors (Lipinski definition) is 4. The average molecular weight is 310 g/mol. The Balaban J connectivity index is 2.06. The van der Waals surface area contributed by atoms with Crippen LogP contribution in [0.1, 0.15) is 57.7 Å². The maximum absolute atomic E-state index is 11.6. The van der Waals surface area contributed by atoms with Crippen molar-refractivity contribution >= 4 is 17.3 Å². The van der Waals surface area contributed by atoms with Crippen LogP contribution in [0, 0.1) is 5.41 Å². The topological polar surface area (TPSA) is 53.4 Å². The van der Waals surface area contributed by atoms with Gasteiger partial charge in [-0.1, -0.05) is 27.7 Å². The second kappa shape index (κ2) is 6.05. The molecule has 1 saturated heterocycles. The lowest BCUT2D eigenvalue weighted by molar-refractivity contribution is -0.153. The first-order chi connectivity index (χ1) is 9.77. The summed E-state index contributed by atoms with van der Waals surface area (Å²) < 4.78 is 0. The summed E-state index contributed by atoms with van der Waals surface area (Å²) in [5.41, 5.74) is 0.632. The van der Waals surface area contributed by atoms with E-state index in [9.17, 15) is 9.90 Å². The first-order valence-electron chi connectivity index (χ1n) is 7.67. The Hall–Kier alpha value is -0.940. The zero-order chi connectivity index (χ0) is 15.7. The largest absolute Gasteiger partial charge is 0.481 e. The molecular weight excluding hydrogens is 284 g/mol. The molecule has 1 atom stereocenters. The number of carboxylic acids is 1. The second-order valence-electron chi connectivity index (χ2n) is 7.13. The van der Waals surface area contributed by atoms with Crippen molar-refractivity contribution in [3.63, 3.8) is 0 Å². The number of thiazole rings is 1. The number of nitrogens with zero attached hydrogens (tertiary/aromatic N) is 2. The molecule has 0 aliphatic carbocycles. The molecule has 1 aliphatic heterocycles. The minimum atomic E-state index is -0.649. The third-order valence-electron chi connectivity index (χ3n) is 4.47. The van der Waals surface area contributed by atoms with Gasteiger partial charge in [0.2, 0.25) is 0 Å². The predicted molar refractivity (Wildman–Crippen MR) is 85.7 cm³/mol. The molecular formula is C16H26N2O2S. The first-order valence-corrected chi connectivity index (χ1v) is 8.55. The molecule has 1 unspecified atom stereocenters. The summed E-state index contributed by atoms with van der Waals surface area (Å²) >= 11 is 1.69. The van der Waals surface area contributed by atoms with Gasteiger partial charge in [-0.05, 0) is 25.8 Å². The molecule has 0 bridgehead atoms. The summed E-state index contributed by atoms with van der Waals surface area (Å²) in [5.74, 6) is -0.649. The van der Waals surface area contributed by atoms with Crippen molar-refractivity contribution in [1.82, 2.24) is 9.88 Å². The fourth-order valence-corrected chi connectivity index (χ4v) is 3.96. The van der Waals surface area contributed by atoms with Crippen LogP contribution in [-0.4, -0.2) is 34.0 Å². The number of aliphatic carboxylic acids is 1. The van der Waals surface area contributed by atoms with Crippen molar-refractivity contribution in [3.05, 3.63) is 16.1 Å². The Bertz CT molecular complexity index is 507. The normalized spacial score (nSPS) is 24.2. The maximum atomic E-state index is 11.6. The van der Waals surface area contributed by atoms with Gasteiger partial charge in [-0.2, -0.15) is 0 Å². The van der Waals surface area contributed by atoms with E-state index in [1.165, 1.54) is 0 Å². The van der Waals surface area contributed by atoms with E-state index < -0.39 is 11.4 Å². The van der Waals surface area contributed by atoms with Crippen LogP contribution in [0.25, 0.3) is 0 Å². The van der Waals surface area contributed by atoms with Crippen LogP contribution < -0.4 is 0 Å². The number of piperidine rings is 1. The Morgan fingerprint density at radius 2 is 2.24 bits per heavy atom. The standard InChI is InChI=1S/C16H26N2O2S/c1-5-16(14(19)20)7-6-8-18(11-16)9-13-17-12(10-21-13)15(2,3)4/h10H,5-9,11H2,1-4H3,(H,19,20). The molecule has 2 rings (SSSR count). The Kier molecular flexibility index (Phi) is 4.73. The molecule has 0 aromatic carbocycles. The zero-order valence-electron chi connectivity index (χ0n) is 13.5. The minimum Gasteiger partial charge on any atom is -0.481 e. The second-order valence-corrected chi connectivity index (χ2v) is 8.07. The molecule has 0 spiro atoms. The van der Waals surface area contributed by atoms with Gasteiger partial charge < -0.3 is 5.11 Å². The van der Waals surface area contributed by atoms with Gasteiger partial charge in [0.15, 0.2) is 0 Å². The van der Waals surface area contributed by atoms with Gasteiger partial charge in [0, 0.05) is 17.3 Å². The summed E-state index contributed by atoms with van der Waals surface area (Å²) in [6.07, 6.45) is 2.45. The summed E-state index contributed by atoms with van der Waals surface area (Å²) in [4.78, 5) is 18.6. The number of hydrogen-bond donors (Lipinski definition) is 1. The minimum absolute atomic E-state index is 0.0743. The number of likely N-dealkylation sites (tertiary alicyclic amines) is 1. The molecule has 1 aromatic rings. The van der Waals surface area contributed by atoms with Crippen LogP contribution in [0.5, 0.6) is 0 Å². The number of aromatic nitrogens is 1. The van der Waals surface area contributed by atoms with E-state index in [4.69, 9.17) is 4.98 Å². The van der Waals surface area contributed by atoms with Crippen LogP contribution in [0.3, 0.4) is 0 Å². The third kappa shape index (κ3) is 3.64. The van der Waals surface area contributed by atoms with Crippen molar-refractivity contribution in [3.8, 4) is 0 Å². The highest BCUT2D eigenvalue weighted by Gasteiger charge is 2.40. The van der Waals surface area contributed by atoms with E-state index in [1.54, 1.807) is 11.3 Å². The van der Waals surface area contributed by atoms with Gasteiger partial charge in [0.1, 0.15) is 5.01 Å². The van der Waals surface area contributed by atoms with Crippen molar-refractivity contribution in [1.29, 1.82) is 0 Å². The lowest BCUT2D eigenvalue weighted by Crippen LogP contribution is -2.47. The van der Waals surface area contributed by atoms with Gasteiger partial charge in [-0.25, -0.2) is 4.98 Å². The SMILES string of the molecule is CCC1(C(=O)O)CCCN(Cc2nc(C(C)(C)C)cs2)C1. The summed E-state index contributed by atoms with van der Waals surface area (Å²) in [6.45, 7) is 10.9. The van der Waals surface area contributed by atoms with E-state index in [0.29, 0.717) is 13.0 Å². The highest BCUT2D eigenvalue weighted by Crippen LogP contribution is 2.34. The number of rotatable bonds is 4. The molecule has 1 N–H and O–H groups in total. The molecule has 1 aromatic heterocycles. The monoisotopic (exact) mass is 310 g/mol. The van der Waals surface area contributed by atoms with Gasteiger partial charge in [-0.15, -0.1) is 11.3 Å². The van der Waals surface area contributed by atoms with Gasteiger partial charge >= 0.3 is 5.97 Å². The van der Waals surface area contributed by atoms with E-state index in [0.717, 1.165) is 36.6 Å². The van der Waals surface area contributed by atoms with Gasteiger partial charge in [-0.3, -0.25) is 9.69 Å². The first kappa shape index (κ1) is 16.4. The zero-order valence-corrected chi connectivity index (χ0v) is 14.3. The highest BCUT2D eigenvalue weighted by atomic mass is 32.1. The van der Waals surface area contributed by atoms with Crippen LogP contribution in [-0.2, 0) is 16.8 Å². The number of carboxylic acid groups (broad SMARTS) is 1. The molecule has 0 amide bonds. The summed E-state index contributed by atoms with van der Waals surface area (Å²) in [7, 11) is 0. The number of carbonyl (C=O) groups is 1. The third-order valence-corrected chi connectivity index (χ3v) is 5.30. The van der Waals surface area contributed by atoms with Crippen LogP contribution in [0.2, 0.25) is 0 Å². The van der Waals surface area contributed by atoms with E-state index in [1.807, 2.05) is 6.92 Å². The van der Waals surface area contributed by atoms with Crippen LogP contribution in [0.15, 0.2) is 5.38 Å². The molecule has 1 aliphatic rings. The van der Waals surface area contributed by atoms with Crippen molar-refractivity contribution in [2.75, 3.05) is 13.1 Å². The van der Waals surface area contributed by atoms with E-state index >= 15 is 0 Å². The summed E-state index contributed by atoms with van der Waals surface area (Å²) in [5, 5.41) is 12.8. The molecule has 1 fully saturated rings. The lowest BCUT2D eigenvalue weighted by atomic mass is 9.77. The van der Waals surface area contributed by atoms with Crippen LogP contribution in [0.4, 0.5) is 0 Å². The fraction of sp³-hybridized carbons (Fsp3) is 0.750. The van der Waals surface area contributed by atoms with Crippen molar-refractivity contribution in [2.24, 2.45) is 5.41 Å². The molecule has 5 heteroatoms. The Morgan fingerprint density at radius 3 is 2.76 bits per heavy atom. The van der Waals surface area contributed by atoms with Crippen LogP contribution >= 0.6 is 11.3 Å². The molecule has 2 heterocycles. The van der Waals surface area contributed by atoms with Gasteiger partial charge in [0.05, 0.1) is 17.7 Å².